The van der Waals surface area contributed by atoms with Gasteiger partial charge in [0.1, 0.15) is 11.6 Å². The molecule has 27 heavy (non-hydrogen) atoms. The number of rotatable bonds is 4. The molecule has 0 saturated carbocycles. The molecule has 0 aliphatic carbocycles. The summed E-state index contributed by atoms with van der Waals surface area (Å²) >= 11 is 1.33. The molecule has 1 aromatic heterocycles. The molecule has 0 fully saturated rings. The van der Waals surface area contributed by atoms with Crippen LogP contribution in [0.25, 0.3) is 16.6 Å². The molecule has 134 valence electrons. The van der Waals surface area contributed by atoms with Gasteiger partial charge in [-0.3, -0.25) is 9.36 Å². The van der Waals surface area contributed by atoms with E-state index >= 15 is 0 Å². The molecule has 0 aliphatic rings. The molecule has 1 heterocycles. The van der Waals surface area contributed by atoms with E-state index < -0.39 is 11.6 Å². The van der Waals surface area contributed by atoms with Crippen molar-refractivity contribution in [3.8, 4) is 5.69 Å². The maximum absolute atomic E-state index is 14.4. The van der Waals surface area contributed by atoms with Crippen molar-refractivity contribution in [2.45, 2.75) is 10.9 Å². The number of benzene rings is 3. The topological polar surface area (TPSA) is 34.9 Å². The first kappa shape index (κ1) is 17.4. The Labute approximate surface area is 158 Å². The van der Waals surface area contributed by atoms with Crippen molar-refractivity contribution in [1.82, 2.24) is 9.55 Å². The second kappa shape index (κ2) is 7.32. The van der Waals surface area contributed by atoms with Crippen LogP contribution in [0.4, 0.5) is 8.78 Å². The van der Waals surface area contributed by atoms with E-state index in [9.17, 15) is 13.6 Å². The van der Waals surface area contributed by atoms with Gasteiger partial charge in [-0.15, -0.1) is 0 Å². The van der Waals surface area contributed by atoms with Crippen molar-refractivity contribution < 1.29 is 8.78 Å². The molecule has 4 aromatic rings. The predicted octanol–water partition coefficient (Wildman–Crippen LogP) is 4.96. The van der Waals surface area contributed by atoms with Crippen molar-refractivity contribution >= 4 is 22.7 Å². The van der Waals surface area contributed by atoms with Crippen LogP contribution in [0.15, 0.2) is 82.7 Å². The van der Waals surface area contributed by atoms with Crippen LogP contribution in [-0.4, -0.2) is 9.55 Å². The van der Waals surface area contributed by atoms with E-state index in [0.717, 1.165) is 17.7 Å². The minimum absolute atomic E-state index is 0.0183. The quantitative estimate of drug-likeness (QED) is 0.371. The number of fused-ring (bicyclic) bond motifs is 1. The molecule has 0 bridgehead atoms. The van der Waals surface area contributed by atoms with Gasteiger partial charge in [0, 0.05) is 11.8 Å². The van der Waals surface area contributed by atoms with Crippen molar-refractivity contribution in [2.24, 2.45) is 0 Å². The highest BCUT2D eigenvalue weighted by Gasteiger charge is 2.16. The van der Waals surface area contributed by atoms with E-state index in [1.54, 1.807) is 24.3 Å². The molecular formula is C21H14F2N2OS. The van der Waals surface area contributed by atoms with E-state index in [1.165, 1.54) is 22.4 Å². The molecular weight excluding hydrogens is 366 g/mol. The Kier molecular flexibility index (Phi) is 4.73. The van der Waals surface area contributed by atoms with Crippen molar-refractivity contribution in [3.63, 3.8) is 0 Å². The molecule has 0 saturated heterocycles. The smallest absolute Gasteiger partial charge is 0.266 e. The maximum Gasteiger partial charge on any atom is 0.266 e. The Balaban J connectivity index is 1.89. The molecule has 3 nitrogen and oxygen atoms in total. The Morgan fingerprint density at radius 2 is 1.67 bits per heavy atom. The number of para-hydroxylation sites is 1. The van der Waals surface area contributed by atoms with Crippen LogP contribution in [0, 0.1) is 11.6 Å². The highest BCUT2D eigenvalue weighted by atomic mass is 32.2. The molecule has 0 spiro atoms. The fourth-order valence-corrected chi connectivity index (χ4v) is 3.77. The van der Waals surface area contributed by atoms with Gasteiger partial charge in [-0.05, 0) is 29.8 Å². The maximum atomic E-state index is 14.4. The average molecular weight is 380 g/mol. The number of nitrogens with zero attached hydrogens (tertiary/aromatic N) is 2. The number of aromatic nitrogens is 2. The highest BCUT2D eigenvalue weighted by Crippen LogP contribution is 2.25. The van der Waals surface area contributed by atoms with Gasteiger partial charge in [-0.2, -0.15) is 0 Å². The largest absolute Gasteiger partial charge is 0.268 e. The summed E-state index contributed by atoms with van der Waals surface area (Å²) in [7, 11) is 0. The monoisotopic (exact) mass is 380 g/mol. The molecule has 4 rings (SSSR count). The SMILES string of the molecule is O=c1c2ccccc2nc(SCc2ccccc2)n1-c1ccc(F)cc1F. The number of hydrogen-bond donors (Lipinski definition) is 0. The summed E-state index contributed by atoms with van der Waals surface area (Å²) in [5, 5.41) is 0.735. The lowest BCUT2D eigenvalue weighted by Crippen LogP contribution is -2.22. The molecule has 3 aromatic carbocycles. The highest BCUT2D eigenvalue weighted by molar-refractivity contribution is 7.98. The third-order valence-corrected chi connectivity index (χ3v) is 5.12. The van der Waals surface area contributed by atoms with Crippen molar-refractivity contribution in [2.75, 3.05) is 0 Å². The summed E-state index contributed by atoms with van der Waals surface area (Å²) in [6.07, 6.45) is 0. The zero-order valence-electron chi connectivity index (χ0n) is 14.1. The summed E-state index contributed by atoms with van der Waals surface area (Å²) in [6, 6.07) is 19.8. The van der Waals surface area contributed by atoms with Crippen LogP contribution in [0.2, 0.25) is 0 Å². The normalized spacial score (nSPS) is 11.0. The summed E-state index contributed by atoms with van der Waals surface area (Å²) < 4.78 is 29.0. The van der Waals surface area contributed by atoms with E-state index in [1.807, 2.05) is 30.3 Å². The summed E-state index contributed by atoms with van der Waals surface area (Å²) in [4.78, 5) is 17.6. The zero-order chi connectivity index (χ0) is 18.8. The first-order valence-corrected chi connectivity index (χ1v) is 9.26. The average Bonchev–Trinajstić information content (AvgIpc) is 2.68. The summed E-state index contributed by atoms with van der Waals surface area (Å²) in [5.41, 5.74) is 1.18. The van der Waals surface area contributed by atoms with Crippen molar-refractivity contribution in [3.05, 3.63) is 100 Å². The number of hydrogen-bond acceptors (Lipinski definition) is 3. The predicted molar refractivity (Wildman–Crippen MR) is 103 cm³/mol. The van der Waals surface area contributed by atoms with Gasteiger partial charge in [-0.1, -0.05) is 54.2 Å². The second-order valence-corrected chi connectivity index (χ2v) is 6.86. The third kappa shape index (κ3) is 3.48. The van der Waals surface area contributed by atoms with E-state index in [2.05, 4.69) is 4.98 Å². The first-order chi connectivity index (χ1) is 13.1. The van der Waals surface area contributed by atoms with Crippen molar-refractivity contribution in [1.29, 1.82) is 0 Å². The standard InChI is InChI=1S/C21H14F2N2OS/c22-15-10-11-19(17(23)12-15)25-20(26)16-8-4-5-9-18(16)24-21(25)27-13-14-6-2-1-3-7-14/h1-12H,13H2. The van der Waals surface area contributed by atoms with Crippen LogP contribution in [0.1, 0.15) is 5.56 Å². The Morgan fingerprint density at radius 3 is 2.44 bits per heavy atom. The fourth-order valence-electron chi connectivity index (χ4n) is 2.81. The Bertz CT molecular complexity index is 1180. The van der Waals surface area contributed by atoms with E-state index in [-0.39, 0.29) is 11.2 Å². The van der Waals surface area contributed by atoms with E-state index in [4.69, 9.17) is 0 Å². The van der Waals surface area contributed by atoms with Gasteiger partial charge < -0.3 is 0 Å². The number of thioether (sulfide) groups is 1. The fraction of sp³-hybridized carbons (Fsp3) is 0.0476. The Morgan fingerprint density at radius 1 is 0.926 bits per heavy atom. The molecule has 0 radical (unpaired) electrons. The summed E-state index contributed by atoms with van der Waals surface area (Å²) in [5.74, 6) is -0.943. The lowest BCUT2D eigenvalue weighted by atomic mass is 10.2. The number of halogens is 2. The Hall–Kier alpha value is -2.99. The minimum Gasteiger partial charge on any atom is -0.268 e. The zero-order valence-corrected chi connectivity index (χ0v) is 14.9. The van der Waals surface area contributed by atoms with Crippen LogP contribution in [0.3, 0.4) is 0 Å². The lowest BCUT2D eigenvalue weighted by Gasteiger charge is -2.14. The van der Waals surface area contributed by atoms with Crippen LogP contribution >= 0.6 is 11.8 Å². The lowest BCUT2D eigenvalue weighted by molar-refractivity contribution is 0.572. The van der Waals surface area contributed by atoms with E-state index in [0.29, 0.717) is 21.8 Å². The minimum atomic E-state index is -0.809. The third-order valence-electron chi connectivity index (χ3n) is 4.11. The van der Waals surface area contributed by atoms with Gasteiger partial charge >= 0.3 is 0 Å². The van der Waals surface area contributed by atoms with Gasteiger partial charge in [0.2, 0.25) is 0 Å². The second-order valence-electron chi connectivity index (χ2n) is 5.92. The first-order valence-electron chi connectivity index (χ1n) is 8.27. The van der Waals surface area contributed by atoms with Gasteiger partial charge in [0.15, 0.2) is 5.16 Å². The molecule has 0 atom stereocenters. The molecule has 0 N–H and O–H groups in total. The van der Waals surface area contributed by atoms with Crippen LogP contribution in [-0.2, 0) is 5.75 Å². The van der Waals surface area contributed by atoms with Crippen LogP contribution in [0.5, 0.6) is 0 Å². The van der Waals surface area contributed by atoms with Gasteiger partial charge in [0.25, 0.3) is 5.56 Å². The molecule has 0 aliphatic heterocycles. The molecule has 6 heteroatoms. The molecule has 0 unspecified atom stereocenters. The van der Waals surface area contributed by atoms with Crippen LogP contribution < -0.4 is 5.56 Å². The van der Waals surface area contributed by atoms with Gasteiger partial charge in [-0.25, -0.2) is 13.8 Å². The molecule has 0 amide bonds. The van der Waals surface area contributed by atoms with Gasteiger partial charge in [0.05, 0.1) is 16.6 Å². The summed E-state index contributed by atoms with van der Waals surface area (Å²) in [6.45, 7) is 0.